The van der Waals surface area contributed by atoms with E-state index in [1.54, 1.807) is 6.92 Å². The summed E-state index contributed by atoms with van der Waals surface area (Å²) in [5.41, 5.74) is 7.57. The Morgan fingerprint density at radius 2 is 2.18 bits per heavy atom. The molecule has 0 aliphatic carbocycles. The summed E-state index contributed by atoms with van der Waals surface area (Å²) in [5, 5.41) is 0. The van der Waals surface area contributed by atoms with Gasteiger partial charge in [0, 0.05) is 5.56 Å². The second-order valence-electron chi connectivity index (χ2n) is 3.48. The lowest BCUT2D eigenvalue weighted by atomic mass is 10.1. The topological polar surface area (TPSA) is 52.3 Å². The molecule has 3 heteroatoms. The molecule has 0 atom stereocenters. The van der Waals surface area contributed by atoms with Crippen molar-refractivity contribution in [2.45, 2.75) is 19.8 Å². The molecule has 0 saturated carbocycles. The molecule has 0 saturated heterocycles. The van der Waals surface area contributed by atoms with Crippen molar-refractivity contribution in [3.63, 3.8) is 0 Å². The number of rotatable bonds is 4. The van der Waals surface area contributed by atoms with Crippen LogP contribution >= 0.6 is 0 Å². The van der Waals surface area contributed by atoms with E-state index in [0.29, 0.717) is 13.2 Å². The molecule has 3 nitrogen and oxygen atoms in total. The van der Waals surface area contributed by atoms with E-state index < -0.39 is 0 Å². The van der Waals surface area contributed by atoms with Crippen LogP contribution in [0.4, 0.5) is 0 Å². The summed E-state index contributed by atoms with van der Waals surface area (Å²) in [4.78, 5) is 11.1. The number of esters is 1. The fraction of sp³-hybridized carbons (Fsp3) is 0.357. The van der Waals surface area contributed by atoms with E-state index in [-0.39, 0.29) is 12.4 Å². The second kappa shape index (κ2) is 7.48. The zero-order valence-electron chi connectivity index (χ0n) is 10.0. The van der Waals surface area contributed by atoms with Crippen LogP contribution in [0.1, 0.15) is 24.5 Å². The smallest absolute Gasteiger partial charge is 0.317 e. The van der Waals surface area contributed by atoms with E-state index in [4.69, 9.17) is 10.5 Å². The maximum atomic E-state index is 11.1. The van der Waals surface area contributed by atoms with Crippen LogP contribution in [0, 0.1) is 11.8 Å². The first-order chi connectivity index (χ1) is 8.27. The van der Waals surface area contributed by atoms with Crippen molar-refractivity contribution in [1.29, 1.82) is 0 Å². The molecular weight excluding hydrogens is 214 g/mol. The number of ether oxygens (including phenoxy) is 1. The Kier molecular flexibility index (Phi) is 5.84. The van der Waals surface area contributed by atoms with Gasteiger partial charge < -0.3 is 10.5 Å². The third-order valence-corrected chi connectivity index (χ3v) is 2.19. The minimum absolute atomic E-state index is 0.130. The van der Waals surface area contributed by atoms with Crippen molar-refractivity contribution in [1.82, 2.24) is 0 Å². The molecule has 0 aliphatic rings. The van der Waals surface area contributed by atoms with Gasteiger partial charge in [0.25, 0.3) is 0 Å². The summed E-state index contributed by atoms with van der Waals surface area (Å²) in [5.74, 6) is 5.52. The fourth-order valence-electron chi connectivity index (χ4n) is 1.44. The Balaban J connectivity index is 2.67. The van der Waals surface area contributed by atoms with Gasteiger partial charge in [0.05, 0.1) is 6.61 Å². The average Bonchev–Trinajstić information content (AvgIpc) is 2.32. The number of benzene rings is 1. The van der Waals surface area contributed by atoms with E-state index in [1.807, 2.05) is 24.3 Å². The third-order valence-electron chi connectivity index (χ3n) is 2.19. The Morgan fingerprint density at radius 1 is 1.41 bits per heavy atom. The van der Waals surface area contributed by atoms with E-state index in [0.717, 1.165) is 17.5 Å². The fourth-order valence-corrected chi connectivity index (χ4v) is 1.44. The largest absolute Gasteiger partial charge is 0.465 e. The lowest BCUT2D eigenvalue weighted by Crippen LogP contribution is -2.04. The molecule has 90 valence electrons. The minimum atomic E-state index is -0.281. The third kappa shape index (κ3) is 4.71. The first kappa shape index (κ1) is 13.3. The summed E-state index contributed by atoms with van der Waals surface area (Å²) in [7, 11) is 0. The van der Waals surface area contributed by atoms with Gasteiger partial charge in [-0.3, -0.25) is 4.79 Å². The van der Waals surface area contributed by atoms with Crippen LogP contribution in [0.5, 0.6) is 0 Å². The molecule has 1 aromatic carbocycles. The molecule has 0 heterocycles. The van der Waals surface area contributed by atoms with Gasteiger partial charge in [0.2, 0.25) is 0 Å². The van der Waals surface area contributed by atoms with Crippen LogP contribution < -0.4 is 5.73 Å². The molecule has 0 aromatic heterocycles. The van der Waals surface area contributed by atoms with Gasteiger partial charge >= 0.3 is 5.97 Å². The number of carbonyl (C=O) groups is 1. The summed E-state index contributed by atoms with van der Waals surface area (Å²) in [6.45, 7) is 2.77. The normalized spacial score (nSPS) is 9.29. The quantitative estimate of drug-likeness (QED) is 0.631. The predicted molar refractivity (Wildman–Crippen MR) is 67.3 cm³/mol. The summed E-state index contributed by atoms with van der Waals surface area (Å²) < 4.78 is 4.80. The molecule has 1 aromatic rings. The molecule has 0 spiro atoms. The average molecular weight is 231 g/mol. The second-order valence-corrected chi connectivity index (χ2v) is 3.48. The molecule has 0 unspecified atom stereocenters. The van der Waals surface area contributed by atoms with Crippen molar-refractivity contribution >= 4 is 5.97 Å². The Morgan fingerprint density at radius 3 is 2.88 bits per heavy atom. The molecule has 17 heavy (non-hydrogen) atoms. The van der Waals surface area contributed by atoms with Crippen LogP contribution in [0.3, 0.4) is 0 Å². The standard InChI is InChI=1S/C14H17NO2/c1-2-17-14(16)9-5-8-12-6-3-4-7-13(12)10-11-15/h3-4,6-7H,2,9-11,15H2,1H3. The molecule has 0 aliphatic heterocycles. The Bertz CT molecular complexity index is 429. The van der Waals surface area contributed by atoms with Gasteiger partial charge in [-0.15, -0.1) is 0 Å². The van der Waals surface area contributed by atoms with Gasteiger partial charge in [-0.25, -0.2) is 0 Å². The predicted octanol–water partition coefficient (Wildman–Crippen LogP) is 1.49. The van der Waals surface area contributed by atoms with E-state index >= 15 is 0 Å². The summed E-state index contributed by atoms with van der Waals surface area (Å²) >= 11 is 0. The van der Waals surface area contributed by atoms with Crippen LogP contribution in [0.2, 0.25) is 0 Å². The lowest BCUT2D eigenvalue weighted by Gasteiger charge is -2.01. The van der Waals surface area contributed by atoms with Crippen molar-refractivity contribution in [2.24, 2.45) is 5.73 Å². The molecular formula is C14H17NO2. The highest BCUT2D eigenvalue weighted by Crippen LogP contribution is 2.07. The zero-order valence-corrected chi connectivity index (χ0v) is 10.0. The molecule has 0 fully saturated rings. The highest BCUT2D eigenvalue weighted by Gasteiger charge is 1.98. The van der Waals surface area contributed by atoms with Crippen molar-refractivity contribution in [2.75, 3.05) is 13.2 Å². The zero-order chi connectivity index (χ0) is 12.5. The van der Waals surface area contributed by atoms with Crippen molar-refractivity contribution < 1.29 is 9.53 Å². The Hall–Kier alpha value is -1.79. The van der Waals surface area contributed by atoms with Gasteiger partial charge in [-0.1, -0.05) is 30.0 Å². The number of hydrogen-bond donors (Lipinski definition) is 1. The van der Waals surface area contributed by atoms with Crippen LogP contribution in [0.25, 0.3) is 0 Å². The lowest BCUT2D eigenvalue weighted by molar-refractivity contribution is -0.141. The summed E-state index contributed by atoms with van der Waals surface area (Å²) in [6.07, 6.45) is 0.926. The summed E-state index contributed by atoms with van der Waals surface area (Å²) in [6, 6.07) is 7.82. The number of nitrogens with two attached hydrogens (primary N) is 1. The highest BCUT2D eigenvalue weighted by molar-refractivity contribution is 5.72. The van der Waals surface area contributed by atoms with Crippen LogP contribution in [-0.4, -0.2) is 19.1 Å². The highest BCUT2D eigenvalue weighted by atomic mass is 16.5. The van der Waals surface area contributed by atoms with Gasteiger partial charge in [0.15, 0.2) is 0 Å². The first-order valence-electron chi connectivity index (χ1n) is 5.70. The molecule has 0 radical (unpaired) electrons. The Labute approximate surface area is 102 Å². The van der Waals surface area contributed by atoms with Crippen LogP contribution in [0.15, 0.2) is 24.3 Å². The van der Waals surface area contributed by atoms with Gasteiger partial charge in [-0.05, 0) is 31.5 Å². The van der Waals surface area contributed by atoms with E-state index in [1.165, 1.54) is 0 Å². The van der Waals surface area contributed by atoms with Gasteiger partial charge in [0.1, 0.15) is 6.42 Å². The van der Waals surface area contributed by atoms with E-state index in [2.05, 4.69) is 11.8 Å². The first-order valence-corrected chi connectivity index (χ1v) is 5.70. The molecule has 0 amide bonds. The van der Waals surface area contributed by atoms with Crippen molar-refractivity contribution in [3.05, 3.63) is 35.4 Å². The molecule has 1 rings (SSSR count). The number of hydrogen-bond acceptors (Lipinski definition) is 3. The molecule has 0 bridgehead atoms. The number of carbonyl (C=O) groups excluding carboxylic acids is 1. The van der Waals surface area contributed by atoms with Gasteiger partial charge in [-0.2, -0.15) is 0 Å². The van der Waals surface area contributed by atoms with Crippen LogP contribution in [-0.2, 0) is 16.0 Å². The minimum Gasteiger partial charge on any atom is -0.465 e. The maximum absolute atomic E-state index is 11.1. The van der Waals surface area contributed by atoms with Crippen molar-refractivity contribution in [3.8, 4) is 11.8 Å². The SMILES string of the molecule is CCOC(=O)CC#Cc1ccccc1CCN. The molecule has 2 N–H and O–H groups in total. The maximum Gasteiger partial charge on any atom is 0.317 e. The van der Waals surface area contributed by atoms with E-state index in [9.17, 15) is 4.79 Å². The monoisotopic (exact) mass is 231 g/mol.